The Labute approximate surface area is 109 Å². The first-order chi connectivity index (χ1) is 9.01. The number of hydrogen-bond donors (Lipinski definition) is 3. The molecule has 19 heavy (non-hydrogen) atoms. The average Bonchev–Trinajstić information content (AvgIpc) is 2.72. The van der Waals surface area contributed by atoms with E-state index in [2.05, 4.69) is 15.4 Å². The molecule has 2 heterocycles. The predicted molar refractivity (Wildman–Crippen MR) is 70.2 cm³/mol. The summed E-state index contributed by atoms with van der Waals surface area (Å²) in [7, 11) is 3.28. The van der Waals surface area contributed by atoms with E-state index in [1.54, 1.807) is 31.0 Å². The number of pyridine rings is 1. The number of hydrogen-bond acceptors (Lipinski definition) is 6. The molecular formula is C11H14N6O2. The Morgan fingerprint density at radius 2 is 2.21 bits per heavy atom. The Kier molecular flexibility index (Phi) is 3.23. The number of amides is 1. The predicted octanol–water partition coefficient (Wildman–Crippen LogP) is 0.248. The monoisotopic (exact) mass is 262 g/mol. The van der Waals surface area contributed by atoms with E-state index in [1.165, 1.54) is 6.07 Å². The first kappa shape index (κ1) is 12.7. The van der Waals surface area contributed by atoms with Gasteiger partial charge in [-0.2, -0.15) is 5.10 Å². The highest BCUT2D eigenvalue weighted by Gasteiger charge is 2.10. The molecule has 5 N–H and O–H groups in total. The molecule has 2 aromatic heterocycles. The number of carbonyl (C=O) groups excluding carboxylic acids is 1. The topological polar surface area (TPSA) is 121 Å². The number of nitrogens with zero attached hydrogens (tertiary/aromatic N) is 3. The van der Waals surface area contributed by atoms with Gasteiger partial charge in [0, 0.05) is 13.1 Å². The maximum Gasteiger partial charge on any atom is 0.267 e. The van der Waals surface area contributed by atoms with E-state index in [1.807, 2.05) is 0 Å². The van der Waals surface area contributed by atoms with E-state index >= 15 is 0 Å². The number of aryl methyl sites for hydroxylation is 1. The number of methoxy groups -OCH3 is 1. The molecule has 0 atom stereocenters. The number of nitrogens with two attached hydrogens (primary N) is 2. The molecular weight excluding hydrogens is 248 g/mol. The normalized spacial score (nSPS) is 10.2. The molecule has 0 aromatic carbocycles. The van der Waals surface area contributed by atoms with Crippen LogP contribution in [-0.4, -0.2) is 27.8 Å². The smallest absolute Gasteiger partial charge is 0.267 e. The third-order valence-electron chi connectivity index (χ3n) is 2.47. The zero-order valence-corrected chi connectivity index (χ0v) is 10.5. The number of carbonyl (C=O) groups is 1. The molecule has 0 saturated heterocycles. The minimum absolute atomic E-state index is 0.125. The lowest BCUT2D eigenvalue weighted by Gasteiger charge is -2.06. The molecule has 1 amide bonds. The Hall–Kier alpha value is -2.77. The number of nitrogens with one attached hydrogen (secondary N) is 1. The lowest BCUT2D eigenvalue weighted by molar-refractivity contribution is 0.0996. The Balaban J connectivity index is 2.31. The summed E-state index contributed by atoms with van der Waals surface area (Å²) in [6.07, 6.45) is 0. The molecule has 0 bridgehead atoms. The summed E-state index contributed by atoms with van der Waals surface area (Å²) in [5, 5.41) is 7.07. The van der Waals surface area contributed by atoms with Crippen LogP contribution < -0.4 is 21.5 Å². The molecule has 100 valence electrons. The van der Waals surface area contributed by atoms with Gasteiger partial charge >= 0.3 is 0 Å². The quantitative estimate of drug-likeness (QED) is 0.726. The molecule has 8 heteroatoms. The first-order valence-corrected chi connectivity index (χ1v) is 5.42. The van der Waals surface area contributed by atoms with Crippen LogP contribution in [0, 0.1) is 0 Å². The lowest BCUT2D eigenvalue weighted by Crippen LogP contribution is -2.14. The molecule has 0 aliphatic heterocycles. The van der Waals surface area contributed by atoms with Crippen molar-refractivity contribution in [1.29, 1.82) is 0 Å². The van der Waals surface area contributed by atoms with E-state index in [0.717, 1.165) is 0 Å². The highest BCUT2D eigenvalue weighted by Crippen LogP contribution is 2.23. The summed E-state index contributed by atoms with van der Waals surface area (Å²) in [5.41, 5.74) is 11.4. The first-order valence-electron chi connectivity index (χ1n) is 5.42. The second-order valence-electron chi connectivity index (χ2n) is 3.82. The van der Waals surface area contributed by atoms with Crippen LogP contribution in [-0.2, 0) is 7.05 Å². The SMILES string of the molecule is COc1cc(Nc2nc(C(N)=O)ccc2N)nn1C. The number of nitrogen functional groups attached to an aromatic ring is 1. The van der Waals surface area contributed by atoms with E-state index in [0.29, 0.717) is 23.2 Å². The van der Waals surface area contributed by atoms with Gasteiger partial charge in [-0.05, 0) is 12.1 Å². The summed E-state index contributed by atoms with van der Waals surface area (Å²) in [5.74, 6) is 0.769. The van der Waals surface area contributed by atoms with Crippen LogP contribution in [0.4, 0.5) is 17.3 Å². The minimum Gasteiger partial charge on any atom is -0.481 e. The van der Waals surface area contributed by atoms with Gasteiger partial charge in [0.1, 0.15) is 5.69 Å². The second kappa shape index (κ2) is 4.84. The van der Waals surface area contributed by atoms with Crippen molar-refractivity contribution in [3.05, 3.63) is 23.9 Å². The van der Waals surface area contributed by atoms with Crippen LogP contribution >= 0.6 is 0 Å². The van der Waals surface area contributed by atoms with Crippen LogP contribution in [0.1, 0.15) is 10.5 Å². The van der Waals surface area contributed by atoms with Gasteiger partial charge in [0.05, 0.1) is 12.8 Å². The van der Waals surface area contributed by atoms with Crippen LogP contribution in [0.25, 0.3) is 0 Å². The zero-order chi connectivity index (χ0) is 14.0. The summed E-state index contributed by atoms with van der Waals surface area (Å²) < 4.78 is 6.64. The van der Waals surface area contributed by atoms with Crippen molar-refractivity contribution in [2.24, 2.45) is 12.8 Å². The summed E-state index contributed by atoms with van der Waals surface area (Å²) in [4.78, 5) is 15.1. The third kappa shape index (κ3) is 2.57. The minimum atomic E-state index is -0.623. The Morgan fingerprint density at radius 3 is 2.79 bits per heavy atom. The second-order valence-corrected chi connectivity index (χ2v) is 3.82. The van der Waals surface area contributed by atoms with Crippen molar-refractivity contribution in [3.63, 3.8) is 0 Å². The van der Waals surface area contributed by atoms with Crippen LogP contribution in [0.15, 0.2) is 18.2 Å². The molecule has 2 aromatic rings. The maximum atomic E-state index is 11.1. The molecule has 0 spiro atoms. The van der Waals surface area contributed by atoms with Gasteiger partial charge in [0.25, 0.3) is 5.91 Å². The summed E-state index contributed by atoms with van der Waals surface area (Å²) >= 11 is 0. The average molecular weight is 262 g/mol. The molecule has 0 fully saturated rings. The Morgan fingerprint density at radius 1 is 1.47 bits per heavy atom. The highest BCUT2D eigenvalue weighted by molar-refractivity contribution is 5.92. The van der Waals surface area contributed by atoms with E-state index in [4.69, 9.17) is 16.2 Å². The molecule has 0 aliphatic carbocycles. The van der Waals surface area contributed by atoms with Gasteiger partial charge in [-0.3, -0.25) is 4.79 Å². The lowest BCUT2D eigenvalue weighted by atomic mass is 10.3. The van der Waals surface area contributed by atoms with Crippen molar-refractivity contribution in [2.75, 3.05) is 18.2 Å². The van der Waals surface area contributed by atoms with E-state index in [9.17, 15) is 4.79 Å². The van der Waals surface area contributed by atoms with Gasteiger partial charge in [0.15, 0.2) is 11.6 Å². The summed E-state index contributed by atoms with van der Waals surface area (Å²) in [6.45, 7) is 0. The molecule has 0 aliphatic rings. The van der Waals surface area contributed by atoms with Crippen molar-refractivity contribution >= 4 is 23.2 Å². The number of aromatic nitrogens is 3. The maximum absolute atomic E-state index is 11.1. The highest BCUT2D eigenvalue weighted by atomic mass is 16.5. The van der Waals surface area contributed by atoms with Gasteiger partial charge in [-0.15, -0.1) is 0 Å². The van der Waals surface area contributed by atoms with E-state index < -0.39 is 5.91 Å². The van der Waals surface area contributed by atoms with Crippen LogP contribution in [0.2, 0.25) is 0 Å². The van der Waals surface area contributed by atoms with Crippen molar-refractivity contribution in [3.8, 4) is 5.88 Å². The summed E-state index contributed by atoms with van der Waals surface area (Å²) in [6, 6.07) is 4.69. The number of anilines is 3. The van der Waals surface area contributed by atoms with Gasteiger partial charge in [-0.25, -0.2) is 9.67 Å². The van der Waals surface area contributed by atoms with Gasteiger partial charge < -0.3 is 21.5 Å². The Bertz CT molecular complexity index is 622. The standard InChI is InChI=1S/C11H14N6O2/c1-17-9(19-2)5-8(16-17)15-11-6(12)3-4-7(14-11)10(13)18/h3-5H,12H2,1-2H3,(H2,13,18)(H,14,15,16). The zero-order valence-electron chi connectivity index (χ0n) is 10.5. The number of primary amides is 1. The van der Waals surface area contributed by atoms with Crippen LogP contribution in [0.3, 0.4) is 0 Å². The molecule has 0 unspecified atom stereocenters. The van der Waals surface area contributed by atoms with Crippen LogP contribution in [0.5, 0.6) is 5.88 Å². The van der Waals surface area contributed by atoms with Gasteiger partial charge in [-0.1, -0.05) is 0 Å². The number of ether oxygens (including phenoxy) is 1. The molecule has 2 rings (SSSR count). The number of rotatable bonds is 4. The fraction of sp³-hybridized carbons (Fsp3) is 0.182. The third-order valence-corrected chi connectivity index (χ3v) is 2.47. The fourth-order valence-electron chi connectivity index (χ4n) is 1.53. The van der Waals surface area contributed by atoms with Gasteiger partial charge in [0.2, 0.25) is 5.88 Å². The van der Waals surface area contributed by atoms with Crippen molar-refractivity contribution < 1.29 is 9.53 Å². The van der Waals surface area contributed by atoms with E-state index in [-0.39, 0.29) is 5.69 Å². The molecule has 0 radical (unpaired) electrons. The van der Waals surface area contributed by atoms with Crippen molar-refractivity contribution in [1.82, 2.24) is 14.8 Å². The van der Waals surface area contributed by atoms with Crippen molar-refractivity contribution in [2.45, 2.75) is 0 Å². The molecule has 8 nitrogen and oxygen atoms in total. The molecule has 0 saturated carbocycles. The fourth-order valence-corrected chi connectivity index (χ4v) is 1.53. The largest absolute Gasteiger partial charge is 0.481 e.